The van der Waals surface area contributed by atoms with E-state index in [1.54, 1.807) is 79.1 Å². The van der Waals surface area contributed by atoms with Crippen molar-refractivity contribution in [2.45, 2.75) is 73.6 Å². The predicted octanol–water partition coefficient (Wildman–Crippen LogP) is 9.32. The Hall–Kier alpha value is -8.28. The number of aryl methyl sites for hydroxylation is 2. The summed E-state index contributed by atoms with van der Waals surface area (Å²) in [5.41, 5.74) is 11.8. The Balaban J connectivity index is 0.000000231. The highest BCUT2D eigenvalue weighted by Crippen LogP contribution is 2.27. The van der Waals surface area contributed by atoms with E-state index in [4.69, 9.17) is 9.47 Å². The summed E-state index contributed by atoms with van der Waals surface area (Å²) in [5, 5.41) is 12.6. The topological polar surface area (TPSA) is 237 Å². The number of hydrogen-bond acceptors (Lipinski definition) is 17. The zero-order valence-electron chi connectivity index (χ0n) is 53.3. The fourth-order valence-corrected chi connectivity index (χ4v) is 9.85. The van der Waals surface area contributed by atoms with E-state index in [-0.39, 0.29) is 54.7 Å². The van der Waals surface area contributed by atoms with Gasteiger partial charge in [-0.2, -0.15) is 4.57 Å². The van der Waals surface area contributed by atoms with Crippen LogP contribution >= 0.6 is 46.6 Å². The SMILES string of the molecule is CC(C)OC(=O)OCI.Cc1ccc(NC(=O)c2ccc(CN3CC[NH+](C)CC3)cc2)cc1Nc1nccc(-c2ccc[n+](COC(=O)OC(C)C)c2)n1.Cc1ccc(NC(=O)c2ccc(CN3CC[NH+](C)CC3)cc2)cc1Nc1nccc(-c2cccnc2)n1.I. The number of quaternary nitrogens is 2. The number of anilines is 6. The summed E-state index contributed by atoms with van der Waals surface area (Å²) in [6.45, 7) is 21.9. The van der Waals surface area contributed by atoms with Crippen molar-refractivity contribution in [2.75, 3.05) is 92.3 Å². The van der Waals surface area contributed by atoms with E-state index in [2.05, 4.69) is 91.7 Å². The second-order valence-electron chi connectivity index (χ2n) is 22.8. The molecule has 22 nitrogen and oxygen atoms in total. The minimum absolute atomic E-state index is 0. The third kappa shape index (κ3) is 23.1. The van der Waals surface area contributed by atoms with Crippen LogP contribution in [0.3, 0.4) is 0 Å². The summed E-state index contributed by atoms with van der Waals surface area (Å²) in [6, 6.07) is 38.4. The number of likely N-dealkylation sites (N-methyl/N-ethyl adjacent to an activating group) is 2. The molecule has 2 saturated heterocycles. The molecule has 0 bridgehead atoms. The van der Waals surface area contributed by atoms with Crippen molar-refractivity contribution in [3.05, 3.63) is 192 Å². The molecule has 24 heteroatoms. The number of carbonyl (C=O) groups is 4. The lowest BCUT2D eigenvalue weighted by molar-refractivity contribution is -0.884. The van der Waals surface area contributed by atoms with Gasteiger partial charge in [0, 0.05) is 110 Å². The fourth-order valence-electron chi connectivity index (χ4n) is 9.59. The molecule has 0 aliphatic carbocycles. The summed E-state index contributed by atoms with van der Waals surface area (Å²) in [5.74, 6) is 0.574. The van der Waals surface area contributed by atoms with Gasteiger partial charge >= 0.3 is 12.3 Å². The van der Waals surface area contributed by atoms with Crippen molar-refractivity contribution in [1.29, 1.82) is 0 Å². The van der Waals surface area contributed by atoms with Crippen LogP contribution in [-0.4, -0.2) is 142 Å². The summed E-state index contributed by atoms with van der Waals surface area (Å²) in [6.07, 6.45) is 8.84. The number of carbonyl (C=O) groups excluding carboxylic acids is 4. The number of alkyl halides is 1. The predicted molar refractivity (Wildman–Crippen MR) is 374 cm³/mol. The van der Waals surface area contributed by atoms with Crippen LogP contribution in [0.25, 0.3) is 22.5 Å². The second kappa shape index (κ2) is 36.1. The zero-order valence-corrected chi connectivity index (χ0v) is 57.8. The maximum absolute atomic E-state index is 13.1. The van der Waals surface area contributed by atoms with Gasteiger partial charge in [0.15, 0.2) is 12.4 Å². The van der Waals surface area contributed by atoms with Gasteiger partial charge in [0.05, 0.1) is 69.4 Å². The van der Waals surface area contributed by atoms with Gasteiger partial charge in [0.2, 0.25) is 11.9 Å². The zero-order chi connectivity index (χ0) is 64.7. The van der Waals surface area contributed by atoms with Gasteiger partial charge in [-0.15, -0.1) is 24.0 Å². The molecule has 0 saturated carbocycles. The lowest BCUT2D eigenvalue weighted by Crippen LogP contribution is -3.11. The molecule has 10 rings (SSSR count). The molecule has 0 radical (unpaired) electrons. The highest BCUT2D eigenvalue weighted by molar-refractivity contribution is 14.1. The van der Waals surface area contributed by atoms with Crippen LogP contribution in [0.15, 0.2) is 159 Å². The maximum Gasteiger partial charge on any atom is 0.513 e. The molecule has 8 aromatic rings. The van der Waals surface area contributed by atoms with Gasteiger partial charge < -0.3 is 50.0 Å². The maximum atomic E-state index is 13.1. The van der Waals surface area contributed by atoms with Crippen molar-refractivity contribution in [1.82, 2.24) is 34.7 Å². The van der Waals surface area contributed by atoms with Crippen LogP contribution in [0.5, 0.6) is 0 Å². The van der Waals surface area contributed by atoms with Crippen LogP contribution in [0.1, 0.15) is 70.7 Å². The third-order valence-corrected chi connectivity index (χ3v) is 15.0. The van der Waals surface area contributed by atoms with E-state index in [1.165, 1.54) is 24.2 Å². The number of pyridine rings is 2. The number of hydrogen-bond donors (Lipinski definition) is 6. The van der Waals surface area contributed by atoms with E-state index in [0.29, 0.717) is 44.7 Å². The largest absolute Gasteiger partial charge is 0.513 e. The van der Waals surface area contributed by atoms with E-state index < -0.39 is 12.3 Å². The first-order valence-corrected chi connectivity index (χ1v) is 31.9. The molecule has 0 unspecified atom stereocenters. The van der Waals surface area contributed by atoms with E-state index >= 15 is 0 Å². The average molecular weight is 1480 g/mol. The quantitative estimate of drug-likeness (QED) is 0.0191. The molecular weight excluding hydrogens is 1390 g/mol. The molecule has 2 fully saturated rings. The van der Waals surface area contributed by atoms with E-state index in [9.17, 15) is 19.2 Å². The number of piperazine rings is 2. The molecule has 6 heterocycles. The molecule has 484 valence electrons. The van der Waals surface area contributed by atoms with Gasteiger partial charge in [-0.25, -0.2) is 29.5 Å². The monoisotopic (exact) mass is 1480 g/mol. The Morgan fingerprint density at radius 1 is 0.587 bits per heavy atom. The number of rotatable bonds is 19. The van der Waals surface area contributed by atoms with Crippen molar-refractivity contribution in [3.8, 4) is 22.5 Å². The first kappa shape index (κ1) is 71.2. The first-order valence-electron chi connectivity index (χ1n) is 30.3. The Bertz CT molecular complexity index is 3670. The van der Waals surface area contributed by atoms with Crippen LogP contribution in [-0.2, 0) is 38.8 Å². The standard InChI is InChI=1S/C34H39N7O4.C29H31N7O.C5H9IO3.HI/c1-24(2)45-34(43)44-23-41-15-5-6-28(22-41)30-13-14-35-33(37-30)38-31-20-29(12-7-25(31)3)36-32(42)27-10-8-26(9-11-27)21-40-18-16-39(4)17-19-40;1-21-5-10-25(18-27(21)34-29-31-13-11-26(33-29)24-4-3-12-30-19-24)32-28(37)23-8-6-22(7-9-23)20-36-16-14-35(2)15-17-36;1-4(2)9-5(7)8-3-6;/h5-15,20,22,24H,16-19,21,23H2,1-4H3,(H-,35,36,37,38,42);3-13,18-19H,14-17,20H2,1-2H3,(H,32,37)(H,31,33,34);4H,3H2,1-2H3;1H/p+3. The van der Waals surface area contributed by atoms with Crippen LogP contribution in [0.4, 0.5) is 44.2 Å². The fraction of sp³-hybridized carbons (Fsp3) is 0.324. The highest BCUT2D eigenvalue weighted by atomic mass is 127. The minimum Gasteiger partial charge on any atom is -0.432 e. The lowest BCUT2D eigenvalue weighted by atomic mass is 10.1. The van der Waals surface area contributed by atoms with Gasteiger partial charge in [-0.05, 0) is 165 Å². The van der Waals surface area contributed by atoms with Crippen molar-refractivity contribution in [3.63, 3.8) is 0 Å². The molecule has 2 aliphatic heterocycles. The van der Waals surface area contributed by atoms with Gasteiger partial charge in [-0.1, -0.05) is 36.4 Å². The van der Waals surface area contributed by atoms with E-state index in [1.807, 2.05) is 146 Å². The number of amides is 2. The smallest absolute Gasteiger partial charge is 0.432 e. The Morgan fingerprint density at radius 3 is 1.49 bits per heavy atom. The second-order valence-corrected chi connectivity index (χ2v) is 23.4. The molecule has 2 aliphatic rings. The molecular formula is C68H83I2N14O8+3. The van der Waals surface area contributed by atoms with Gasteiger partial charge in [-0.3, -0.25) is 24.4 Å². The highest BCUT2D eigenvalue weighted by Gasteiger charge is 2.20. The van der Waals surface area contributed by atoms with Gasteiger partial charge in [0.25, 0.3) is 18.5 Å². The summed E-state index contributed by atoms with van der Waals surface area (Å²) >= 11 is 1.93. The van der Waals surface area contributed by atoms with Crippen molar-refractivity contribution in [2.24, 2.45) is 0 Å². The summed E-state index contributed by atoms with van der Waals surface area (Å²) in [4.78, 5) is 78.5. The first-order chi connectivity index (χ1) is 43.9. The molecule has 2 amide bonds. The number of ether oxygens (including phenoxy) is 4. The molecule has 4 aromatic heterocycles. The molecule has 6 N–H and O–H groups in total. The van der Waals surface area contributed by atoms with Crippen LogP contribution in [0, 0.1) is 13.8 Å². The van der Waals surface area contributed by atoms with E-state index in [0.717, 1.165) is 91.7 Å². The van der Waals surface area contributed by atoms with Gasteiger partial charge in [0.1, 0.15) is 4.61 Å². The number of nitrogens with one attached hydrogen (secondary N) is 6. The normalized spacial score (nSPS) is 13.4. The van der Waals surface area contributed by atoms with Crippen LogP contribution < -0.4 is 35.6 Å². The molecule has 0 spiro atoms. The average Bonchev–Trinajstić information content (AvgIpc) is 1.07. The van der Waals surface area contributed by atoms with Crippen molar-refractivity contribution >= 4 is 105 Å². The number of benzene rings is 4. The molecule has 92 heavy (non-hydrogen) atoms. The molecule has 0 atom stereocenters. The molecule has 4 aromatic carbocycles. The minimum atomic E-state index is -0.722. The third-order valence-electron chi connectivity index (χ3n) is 14.7. The number of aromatic nitrogens is 6. The summed E-state index contributed by atoms with van der Waals surface area (Å²) < 4.78 is 21.4. The number of nitrogens with zero attached hydrogens (tertiary/aromatic N) is 8. The number of halogens is 2. The van der Waals surface area contributed by atoms with Crippen LogP contribution in [0.2, 0.25) is 0 Å². The lowest BCUT2D eigenvalue weighted by Gasteiger charge is -2.29. The Morgan fingerprint density at radius 2 is 1.04 bits per heavy atom. The van der Waals surface area contributed by atoms with Crippen molar-refractivity contribution < 1.29 is 52.5 Å². The Labute approximate surface area is 569 Å². The Kier molecular flexibility index (Phi) is 27.9. The summed E-state index contributed by atoms with van der Waals surface area (Å²) in [7, 11) is 4.48.